The maximum Gasteiger partial charge on any atom is 0.228 e. The highest BCUT2D eigenvalue weighted by atomic mass is 16.1. The van der Waals surface area contributed by atoms with Crippen molar-refractivity contribution < 1.29 is 4.79 Å². The van der Waals surface area contributed by atoms with Crippen LogP contribution in [-0.2, 0) is 17.6 Å². The molecule has 1 aromatic carbocycles. The molecule has 0 saturated carbocycles. The van der Waals surface area contributed by atoms with Crippen LogP contribution >= 0.6 is 0 Å². The Balaban J connectivity index is 2.06. The van der Waals surface area contributed by atoms with Gasteiger partial charge < -0.3 is 16.0 Å². The summed E-state index contributed by atoms with van der Waals surface area (Å²) in [5.41, 5.74) is 3.41. The summed E-state index contributed by atoms with van der Waals surface area (Å²) in [6.07, 6.45) is 3.95. The van der Waals surface area contributed by atoms with Gasteiger partial charge in [-0.05, 0) is 43.1 Å². The molecule has 20 heavy (non-hydrogen) atoms. The maximum absolute atomic E-state index is 11.5. The lowest BCUT2D eigenvalue weighted by atomic mass is 10.0. The molecule has 1 aliphatic rings. The highest BCUT2D eigenvalue weighted by Gasteiger charge is 2.21. The van der Waals surface area contributed by atoms with Gasteiger partial charge in [0.25, 0.3) is 0 Å². The minimum atomic E-state index is 0.104. The first kappa shape index (κ1) is 15.0. The lowest BCUT2D eigenvalue weighted by Gasteiger charge is -2.21. The second kappa shape index (κ2) is 7.41. The average Bonchev–Trinajstić information content (AvgIpc) is 2.83. The van der Waals surface area contributed by atoms with Crippen LogP contribution in [0.25, 0.3) is 0 Å². The monoisotopic (exact) mass is 275 g/mol. The highest BCUT2D eigenvalue weighted by Crippen LogP contribution is 2.26. The summed E-state index contributed by atoms with van der Waals surface area (Å²) < 4.78 is 0. The molecule has 1 aliphatic heterocycles. The summed E-state index contributed by atoms with van der Waals surface area (Å²) in [6, 6.07) is 6.14. The van der Waals surface area contributed by atoms with Gasteiger partial charge in [0.2, 0.25) is 5.91 Å². The van der Waals surface area contributed by atoms with Gasteiger partial charge in [0.05, 0.1) is 12.6 Å². The van der Waals surface area contributed by atoms with Crippen LogP contribution in [0.3, 0.4) is 0 Å². The van der Waals surface area contributed by atoms with E-state index in [9.17, 15) is 4.79 Å². The van der Waals surface area contributed by atoms with Gasteiger partial charge in [-0.15, -0.1) is 0 Å². The van der Waals surface area contributed by atoms with E-state index in [1.54, 1.807) is 0 Å². The Morgan fingerprint density at radius 2 is 1.90 bits per heavy atom. The molecule has 0 fully saturated rings. The molecule has 1 heterocycles. The molecule has 0 aliphatic carbocycles. The molecule has 0 spiro atoms. The maximum atomic E-state index is 11.5. The van der Waals surface area contributed by atoms with Crippen molar-refractivity contribution in [1.82, 2.24) is 10.6 Å². The third-order valence-corrected chi connectivity index (χ3v) is 3.59. The summed E-state index contributed by atoms with van der Waals surface area (Å²) in [4.78, 5) is 11.5. The summed E-state index contributed by atoms with van der Waals surface area (Å²) in [5.74, 6) is 0.104. The SMILES string of the molecule is CCCNC(Cc1cccc2c1CC(=O)N2)NCCC. The molecule has 0 unspecified atom stereocenters. The molecule has 4 heteroatoms. The molecule has 0 aromatic heterocycles. The van der Waals surface area contributed by atoms with Gasteiger partial charge in [-0.1, -0.05) is 26.0 Å². The second-order valence-electron chi connectivity index (χ2n) is 5.33. The number of benzene rings is 1. The lowest BCUT2D eigenvalue weighted by Crippen LogP contribution is -2.44. The molecule has 1 amide bonds. The van der Waals surface area contributed by atoms with Gasteiger partial charge >= 0.3 is 0 Å². The number of amides is 1. The first-order chi connectivity index (χ1) is 9.74. The topological polar surface area (TPSA) is 53.2 Å². The fraction of sp³-hybridized carbons (Fsp3) is 0.562. The highest BCUT2D eigenvalue weighted by molar-refractivity contribution is 5.99. The van der Waals surface area contributed by atoms with E-state index in [1.165, 1.54) is 11.1 Å². The van der Waals surface area contributed by atoms with Crippen LogP contribution in [-0.4, -0.2) is 25.2 Å². The fourth-order valence-corrected chi connectivity index (χ4v) is 2.58. The summed E-state index contributed by atoms with van der Waals surface area (Å²) in [6.45, 7) is 6.36. The summed E-state index contributed by atoms with van der Waals surface area (Å²) >= 11 is 0. The van der Waals surface area contributed by atoms with Crippen molar-refractivity contribution in [2.45, 2.75) is 45.7 Å². The van der Waals surface area contributed by atoms with Crippen LogP contribution in [0.5, 0.6) is 0 Å². The minimum Gasteiger partial charge on any atom is -0.326 e. The molecule has 3 N–H and O–H groups in total. The van der Waals surface area contributed by atoms with Crippen molar-refractivity contribution in [3.63, 3.8) is 0 Å². The van der Waals surface area contributed by atoms with Crippen molar-refractivity contribution in [3.05, 3.63) is 29.3 Å². The van der Waals surface area contributed by atoms with Crippen molar-refractivity contribution in [2.24, 2.45) is 0 Å². The smallest absolute Gasteiger partial charge is 0.228 e. The van der Waals surface area contributed by atoms with Crippen molar-refractivity contribution in [2.75, 3.05) is 18.4 Å². The first-order valence-corrected chi connectivity index (χ1v) is 7.62. The molecule has 2 rings (SSSR count). The van der Waals surface area contributed by atoms with Gasteiger partial charge in [-0.3, -0.25) is 4.79 Å². The molecule has 0 atom stereocenters. The van der Waals surface area contributed by atoms with E-state index in [0.717, 1.165) is 38.0 Å². The van der Waals surface area contributed by atoms with E-state index in [4.69, 9.17) is 0 Å². The molecule has 4 nitrogen and oxygen atoms in total. The predicted molar refractivity (Wildman–Crippen MR) is 82.9 cm³/mol. The number of hydrogen-bond donors (Lipinski definition) is 3. The zero-order valence-corrected chi connectivity index (χ0v) is 12.5. The van der Waals surface area contributed by atoms with Crippen LogP contribution in [0.2, 0.25) is 0 Å². The molecule has 1 aromatic rings. The second-order valence-corrected chi connectivity index (χ2v) is 5.33. The zero-order chi connectivity index (χ0) is 14.4. The molecule has 110 valence electrons. The van der Waals surface area contributed by atoms with Crippen molar-refractivity contribution in [1.29, 1.82) is 0 Å². The Morgan fingerprint density at radius 3 is 2.55 bits per heavy atom. The third-order valence-electron chi connectivity index (χ3n) is 3.59. The van der Waals surface area contributed by atoms with E-state index in [2.05, 4.69) is 35.9 Å². The van der Waals surface area contributed by atoms with Crippen molar-refractivity contribution in [3.8, 4) is 0 Å². The molecule has 0 saturated heterocycles. The quantitative estimate of drug-likeness (QED) is 0.636. The minimum absolute atomic E-state index is 0.104. The number of rotatable bonds is 8. The van der Waals surface area contributed by atoms with Gasteiger partial charge in [-0.2, -0.15) is 0 Å². The molecule has 0 radical (unpaired) electrons. The van der Waals surface area contributed by atoms with Gasteiger partial charge in [0.15, 0.2) is 0 Å². The Labute approximate surface area is 121 Å². The third kappa shape index (κ3) is 3.81. The summed E-state index contributed by atoms with van der Waals surface area (Å²) in [7, 11) is 0. The Kier molecular flexibility index (Phi) is 5.56. The van der Waals surface area contributed by atoms with Crippen LogP contribution < -0.4 is 16.0 Å². The number of hydrogen-bond acceptors (Lipinski definition) is 3. The number of carbonyl (C=O) groups is 1. The Morgan fingerprint density at radius 1 is 1.20 bits per heavy atom. The summed E-state index contributed by atoms with van der Waals surface area (Å²) in [5, 5.41) is 9.99. The largest absolute Gasteiger partial charge is 0.326 e. The fourth-order valence-electron chi connectivity index (χ4n) is 2.58. The van der Waals surface area contributed by atoms with E-state index < -0.39 is 0 Å². The number of nitrogens with one attached hydrogen (secondary N) is 3. The van der Waals surface area contributed by atoms with Crippen LogP contribution in [0.1, 0.15) is 37.8 Å². The van der Waals surface area contributed by atoms with Crippen LogP contribution in [0.4, 0.5) is 5.69 Å². The Bertz CT molecular complexity index is 451. The van der Waals surface area contributed by atoms with Gasteiger partial charge in [-0.25, -0.2) is 0 Å². The standard InChI is InChI=1S/C16H25N3O/c1-3-8-17-15(18-9-4-2)10-12-6-5-7-14-13(12)11-16(20)19-14/h5-7,15,17-18H,3-4,8-11H2,1-2H3,(H,19,20). The first-order valence-electron chi connectivity index (χ1n) is 7.62. The van der Waals surface area contributed by atoms with Crippen LogP contribution in [0.15, 0.2) is 18.2 Å². The molecular weight excluding hydrogens is 250 g/mol. The average molecular weight is 275 g/mol. The normalized spacial score (nSPS) is 13.7. The van der Waals surface area contributed by atoms with Gasteiger partial charge in [0, 0.05) is 12.1 Å². The predicted octanol–water partition coefficient (Wildman–Crippen LogP) is 2.05. The number of anilines is 1. The van der Waals surface area contributed by atoms with E-state index in [1.807, 2.05) is 12.1 Å². The van der Waals surface area contributed by atoms with E-state index >= 15 is 0 Å². The Hall–Kier alpha value is -1.39. The molecule has 0 bridgehead atoms. The van der Waals surface area contributed by atoms with Crippen molar-refractivity contribution >= 4 is 11.6 Å². The lowest BCUT2D eigenvalue weighted by molar-refractivity contribution is -0.115. The number of fused-ring (bicyclic) bond motifs is 1. The molecular formula is C16H25N3O. The van der Waals surface area contributed by atoms with E-state index in [-0.39, 0.29) is 12.1 Å². The van der Waals surface area contributed by atoms with Crippen LogP contribution in [0, 0.1) is 0 Å². The number of carbonyl (C=O) groups excluding carboxylic acids is 1. The van der Waals surface area contributed by atoms with E-state index in [0.29, 0.717) is 6.42 Å². The van der Waals surface area contributed by atoms with Gasteiger partial charge in [0.1, 0.15) is 0 Å². The zero-order valence-electron chi connectivity index (χ0n) is 12.5.